The molecule has 5 atom stereocenters. The maximum Gasteiger partial charge on any atom is 0.264 e. The third kappa shape index (κ3) is 6.10. The Bertz CT molecular complexity index is 1760. The van der Waals surface area contributed by atoms with E-state index in [-0.39, 0.29) is 48.3 Å². The Balaban J connectivity index is 1.16. The van der Waals surface area contributed by atoms with Crippen LogP contribution < -0.4 is 9.80 Å². The molecule has 0 aliphatic carbocycles. The molecule has 0 radical (unpaired) electrons. The summed E-state index contributed by atoms with van der Waals surface area (Å²) in [5.74, 6) is -0.565. The van der Waals surface area contributed by atoms with Crippen molar-refractivity contribution in [3.05, 3.63) is 95.1 Å². The zero-order chi connectivity index (χ0) is 35.2. The molecule has 0 unspecified atom stereocenters. The molecular formula is C40H49N3O6Si. The fraction of sp³-hybridized carbons (Fsp3) is 0.475. The van der Waals surface area contributed by atoms with Gasteiger partial charge < -0.3 is 29.3 Å². The first-order chi connectivity index (χ1) is 24.0. The van der Waals surface area contributed by atoms with Crippen LogP contribution in [-0.4, -0.2) is 66.1 Å². The average Bonchev–Trinajstić information content (AvgIpc) is 3.52. The van der Waals surface area contributed by atoms with Gasteiger partial charge in [-0.05, 0) is 67.2 Å². The van der Waals surface area contributed by atoms with Crippen molar-refractivity contribution in [2.24, 2.45) is 5.92 Å². The summed E-state index contributed by atoms with van der Waals surface area (Å²) in [5.41, 5.74) is 3.80. The Kier molecular flexibility index (Phi) is 9.49. The lowest BCUT2D eigenvalue weighted by Gasteiger charge is -2.37. The molecule has 10 heteroatoms. The van der Waals surface area contributed by atoms with Crippen LogP contribution in [-0.2, 0) is 44.2 Å². The molecule has 3 aromatic rings. The highest BCUT2D eigenvalue weighted by atomic mass is 28.4. The summed E-state index contributed by atoms with van der Waals surface area (Å²) in [7, 11) is -2.97. The molecule has 2 fully saturated rings. The summed E-state index contributed by atoms with van der Waals surface area (Å²) >= 11 is 0. The number of aliphatic hydroxyl groups is 1. The zero-order valence-corrected chi connectivity index (χ0v) is 30.4. The van der Waals surface area contributed by atoms with Crippen LogP contribution in [0.1, 0.15) is 67.7 Å². The Morgan fingerprint density at radius 2 is 1.64 bits per heavy atom. The molecule has 4 aliphatic heterocycles. The van der Waals surface area contributed by atoms with Crippen LogP contribution in [0.4, 0.5) is 11.4 Å². The lowest BCUT2D eigenvalue weighted by atomic mass is 9.82. The Morgan fingerprint density at radius 1 is 0.940 bits per heavy atom. The number of hydrogen-bond donors (Lipinski definition) is 2. The fourth-order valence-electron chi connectivity index (χ4n) is 9.12. The second-order valence-electron chi connectivity index (χ2n) is 15.2. The summed E-state index contributed by atoms with van der Waals surface area (Å²) in [5, 5.41) is 10.3. The molecule has 1 spiro atoms. The van der Waals surface area contributed by atoms with Gasteiger partial charge in [-0.15, -0.1) is 0 Å². The molecule has 2 saturated heterocycles. The number of hydrogen-bond acceptors (Lipinski definition) is 6. The van der Waals surface area contributed by atoms with Crippen molar-refractivity contribution in [1.29, 1.82) is 0 Å². The molecule has 4 heterocycles. The topological polar surface area (TPSA) is 111 Å². The molecule has 0 aromatic heterocycles. The van der Waals surface area contributed by atoms with Crippen LogP contribution in [0.2, 0.25) is 18.6 Å². The lowest BCUT2D eigenvalue weighted by Crippen LogP contribution is -2.48. The number of carbonyl (C=O) groups excluding carboxylic acids is 3. The standard InChI is InChI=1S/C40H49N3O6Si/c1-27-38(50(2,3)48)35(23-37(46)42-25-30-13-8-7-12-29(30)22-32(42)26-44)49-40(27)33-14-9-10-15-34(33)43(39(40)47)24-28-17-19-31(20-18-28)41-21-11-5-4-6-16-36(41)45/h7-10,12-15,17-20,27,32,35,38,44,48H,4-6,11,16,21-26H2,1-3H3/t27-,32-,35+,38-,40+/m0/s1. The van der Waals surface area contributed by atoms with E-state index in [2.05, 4.69) is 0 Å². The first kappa shape index (κ1) is 34.6. The predicted octanol–water partition coefficient (Wildman–Crippen LogP) is 5.66. The molecule has 4 aliphatic rings. The molecule has 264 valence electrons. The van der Waals surface area contributed by atoms with E-state index in [0.717, 1.165) is 65.9 Å². The number of amides is 3. The van der Waals surface area contributed by atoms with Gasteiger partial charge in [-0.3, -0.25) is 14.4 Å². The lowest BCUT2D eigenvalue weighted by molar-refractivity contribution is -0.151. The summed E-state index contributed by atoms with van der Waals surface area (Å²) < 4.78 is 6.93. The number of nitrogens with zero attached hydrogens (tertiary/aromatic N) is 3. The van der Waals surface area contributed by atoms with Gasteiger partial charge >= 0.3 is 0 Å². The van der Waals surface area contributed by atoms with Crippen LogP contribution >= 0.6 is 0 Å². The van der Waals surface area contributed by atoms with E-state index in [1.807, 2.05) is 97.7 Å². The van der Waals surface area contributed by atoms with Crippen LogP contribution in [0, 0.1) is 5.92 Å². The number of aliphatic hydroxyl groups excluding tert-OH is 1. The first-order valence-electron chi connectivity index (χ1n) is 18.2. The third-order valence-electron chi connectivity index (χ3n) is 11.6. The number of para-hydroxylation sites is 1. The predicted molar refractivity (Wildman–Crippen MR) is 195 cm³/mol. The average molecular weight is 696 g/mol. The Hall–Kier alpha value is -3.83. The number of carbonyl (C=O) groups is 3. The quantitative estimate of drug-likeness (QED) is 0.309. The van der Waals surface area contributed by atoms with Gasteiger partial charge in [0.25, 0.3) is 5.91 Å². The second-order valence-corrected chi connectivity index (χ2v) is 19.2. The van der Waals surface area contributed by atoms with Crippen LogP contribution in [0.25, 0.3) is 0 Å². The molecule has 3 amide bonds. The number of fused-ring (bicyclic) bond motifs is 3. The first-order valence-corrected chi connectivity index (χ1v) is 21.2. The van der Waals surface area contributed by atoms with Gasteiger partial charge in [-0.25, -0.2) is 0 Å². The molecule has 2 N–H and O–H groups in total. The third-order valence-corrected chi connectivity index (χ3v) is 14.1. The van der Waals surface area contributed by atoms with Gasteiger partial charge in [0.05, 0.1) is 37.4 Å². The van der Waals surface area contributed by atoms with Gasteiger partial charge in [0.1, 0.15) is 0 Å². The van der Waals surface area contributed by atoms with Crippen molar-refractivity contribution in [3.63, 3.8) is 0 Å². The van der Waals surface area contributed by atoms with E-state index in [9.17, 15) is 24.3 Å². The number of rotatable bonds is 7. The summed E-state index contributed by atoms with van der Waals surface area (Å²) in [4.78, 5) is 58.9. The minimum absolute atomic E-state index is 0.0124. The van der Waals surface area contributed by atoms with Crippen molar-refractivity contribution in [3.8, 4) is 0 Å². The molecule has 0 saturated carbocycles. The molecule has 7 rings (SSSR count). The zero-order valence-electron chi connectivity index (χ0n) is 29.4. The van der Waals surface area contributed by atoms with E-state index in [4.69, 9.17) is 4.74 Å². The SMILES string of the molecule is C[C@H]1[C@H]([Si](C)(C)O)[C@@H](CC(=O)N2Cc3ccccc3C[C@H]2CO)O[C@]12C(=O)N(Cc1ccc(N3CCCCCCC3=O)cc1)c1ccccc12. The molecule has 0 bridgehead atoms. The highest BCUT2D eigenvalue weighted by Crippen LogP contribution is 2.59. The van der Waals surface area contributed by atoms with E-state index in [1.165, 1.54) is 0 Å². The second kappa shape index (κ2) is 13.7. The molecule has 50 heavy (non-hydrogen) atoms. The molecular weight excluding hydrogens is 647 g/mol. The maximum atomic E-state index is 14.8. The summed E-state index contributed by atoms with van der Waals surface area (Å²) in [6.07, 6.45) is 4.62. The van der Waals surface area contributed by atoms with E-state index in [0.29, 0.717) is 25.9 Å². The summed E-state index contributed by atoms with van der Waals surface area (Å²) in [6.45, 7) is 7.01. The number of anilines is 2. The minimum atomic E-state index is -2.97. The van der Waals surface area contributed by atoms with Crippen LogP contribution in [0.15, 0.2) is 72.8 Å². The number of ether oxygens (including phenoxy) is 1. The van der Waals surface area contributed by atoms with E-state index in [1.54, 1.807) is 9.80 Å². The van der Waals surface area contributed by atoms with Crippen molar-refractivity contribution in [2.75, 3.05) is 23.0 Å². The molecule has 3 aromatic carbocycles. The normalized spacial score (nSPS) is 26.9. The highest BCUT2D eigenvalue weighted by Gasteiger charge is 2.66. The monoisotopic (exact) mass is 695 g/mol. The summed E-state index contributed by atoms with van der Waals surface area (Å²) in [6, 6.07) is 23.3. The highest BCUT2D eigenvalue weighted by molar-refractivity contribution is 6.71. The van der Waals surface area contributed by atoms with Crippen LogP contribution in [0.3, 0.4) is 0 Å². The van der Waals surface area contributed by atoms with Gasteiger partial charge in [0.2, 0.25) is 11.8 Å². The fourth-order valence-corrected chi connectivity index (χ4v) is 11.7. The van der Waals surface area contributed by atoms with Gasteiger partial charge in [-0.2, -0.15) is 0 Å². The maximum absolute atomic E-state index is 14.8. The smallest absolute Gasteiger partial charge is 0.264 e. The Morgan fingerprint density at radius 3 is 2.38 bits per heavy atom. The minimum Gasteiger partial charge on any atom is -0.432 e. The van der Waals surface area contributed by atoms with E-state index >= 15 is 0 Å². The largest absolute Gasteiger partial charge is 0.432 e. The van der Waals surface area contributed by atoms with E-state index < -0.39 is 20.0 Å². The Labute approximate surface area is 296 Å². The number of benzene rings is 3. The molecule has 9 nitrogen and oxygen atoms in total. The van der Waals surface area contributed by atoms with Gasteiger partial charge in [0.15, 0.2) is 13.9 Å². The van der Waals surface area contributed by atoms with Crippen molar-refractivity contribution < 1.29 is 29.0 Å². The van der Waals surface area contributed by atoms with Gasteiger partial charge in [-0.1, -0.05) is 74.4 Å². The van der Waals surface area contributed by atoms with Crippen molar-refractivity contribution in [2.45, 2.75) is 101 Å². The van der Waals surface area contributed by atoms with Crippen LogP contribution in [0.5, 0.6) is 0 Å². The van der Waals surface area contributed by atoms with Gasteiger partial charge in [0, 0.05) is 42.2 Å². The van der Waals surface area contributed by atoms with Crippen molar-refractivity contribution in [1.82, 2.24) is 4.90 Å². The van der Waals surface area contributed by atoms with Crippen molar-refractivity contribution >= 4 is 37.4 Å².